The molecule has 0 radical (unpaired) electrons. The van der Waals surface area contributed by atoms with Crippen LogP contribution in [0.3, 0.4) is 0 Å². The highest BCUT2D eigenvalue weighted by atomic mass is 16.4. The molecule has 5 heteroatoms. The van der Waals surface area contributed by atoms with Gasteiger partial charge in [-0.3, -0.25) is 14.5 Å². The van der Waals surface area contributed by atoms with Gasteiger partial charge in [0.2, 0.25) is 0 Å². The molecule has 0 aromatic heterocycles. The largest absolute Gasteiger partial charge is 0.481 e. The maximum Gasteiger partial charge on any atom is 0.321 e. The standard InChI is InChI=1S/C13H21NO4/c15-11(16)7-10(12(17)18)14-8-13(9-14)5-3-1-2-4-6-13/h10H,1-9H2,(H,15,16)(H,17,18). The van der Waals surface area contributed by atoms with Crippen LogP contribution < -0.4 is 0 Å². The first-order chi connectivity index (χ1) is 8.52. The van der Waals surface area contributed by atoms with E-state index in [2.05, 4.69) is 0 Å². The predicted octanol–water partition coefficient (Wildman–Crippen LogP) is 1.57. The van der Waals surface area contributed by atoms with Gasteiger partial charge >= 0.3 is 11.9 Å². The normalized spacial score (nSPS) is 25.1. The zero-order valence-electron chi connectivity index (χ0n) is 10.6. The van der Waals surface area contributed by atoms with Crippen LogP contribution in [0.4, 0.5) is 0 Å². The smallest absolute Gasteiger partial charge is 0.321 e. The predicted molar refractivity (Wildman–Crippen MR) is 65.4 cm³/mol. The highest BCUT2D eigenvalue weighted by molar-refractivity contribution is 5.80. The third kappa shape index (κ3) is 2.83. The minimum atomic E-state index is -1.04. The summed E-state index contributed by atoms with van der Waals surface area (Å²) in [6, 6.07) is -0.851. The van der Waals surface area contributed by atoms with Gasteiger partial charge in [0.15, 0.2) is 0 Å². The van der Waals surface area contributed by atoms with E-state index in [4.69, 9.17) is 10.2 Å². The molecule has 1 unspecified atom stereocenters. The van der Waals surface area contributed by atoms with Gasteiger partial charge in [-0.05, 0) is 18.3 Å². The second-order valence-electron chi connectivity index (χ2n) is 5.77. The molecule has 1 aliphatic carbocycles. The number of hydrogen-bond donors (Lipinski definition) is 2. The maximum atomic E-state index is 11.1. The molecular formula is C13H21NO4. The van der Waals surface area contributed by atoms with Gasteiger partial charge in [0, 0.05) is 13.1 Å². The second kappa shape index (κ2) is 5.26. The van der Waals surface area contributed by atoms with Crippen molar-refractivity contribution < 1.29 is 19.8 Å². The highest BCUT2D eigenvalue weighted by Gasteiger charge is 2.47. The number of carboxylic acids is 2. The minimum Gasteiger partial charge on any atom is -0.481 e. The van der Waals surface area contributed by atoms with Gasteiger partial charge in [-0.2, -0.15) is 0 Å². The first kappa shape index (κ1) is 13.3. The van der Waals surface area contributed by atoms with Crippen molar-refractivity contribution in [2.75, 3.05) is 13.1 Å². The van der Waals surface area contributed by atoms with Crippen molar-refractivity contribution in [1.29, 1.82) is 0 Å². The quantitative estimate of drug-likeness (QED) is 0.797. The van der Waals surface area contributed by atoms with Crippen LogP contribution in [0.1, 0.15) is 44.9 Å². The van der Waals surface area contributed by atoms with Crippen molar-refractivity contribution in [2.24, 2.45) is 5.41 Å². The fourth-order valence-electron chi connectivity index (χ4n) is 3.37. The molecule has 0 aromatic carbocycles. The molecule has 2 N–H and O–H groups in total. The van der Waals surface area contributed by atoms with Crippen molar-refractivity contribution in [1.82, 2.24) is 4.90 Å². The minimum absolute atomic E-state index is 0.280. The van der Waals surface area contributed by atoms with Crippen LogP contribution in [0.15, 0.2) is 0 Å². The van der Waals surface area contributed by atoms with Gasteiger partial charge in [-0.1, -0.05) is 25.7 Å². The number of likely N-dealkylation sites (tertiary alicyclic amines) is 1. The average molecular weight is 255 g/mol. The molecule has 102 valence electrons. The van der Waals surface area contributed by atoms with Crippen LogP contribution in [0.25, 0.3) is 0 Å². The molecule has 1 saturated heterocycles. The summed E-state index contributed by atoms with van der Waals surface area (Å²) in [6.45, 7) is 1.52. The molecule has 5 nitrogen and oxygen atoms in total. The van der Waals surface area contributed by atoms with Crippen molar-refractivity contribution in [3.8, 4) is 0 Å². The third-order valence-electron chi connectivity index (χ3n) is 4.34. The Morgan fingerprint density at radius 3 is 2.06 bits per heavy atom. The first-order valence-electron chi connectivity index (χ1n) is 6.71. The molecule has 1 aliphatic heterocycles. The SMILES string of the molecule is O=C(O)CC(C(=O)O)N1CC2(CCCCCC2)C1. The van der Waals surface area contributed by atoms with Crippen molar-refractivity contribution >= 4 is 11.9 Å². The average Bonchev–Trinajstić information content (AvgIpc) is 2.48. The molecule has 0 bridgehead atoms. The summed E-state index contributed by atoms with van der Waals surface area (Å²) in [5.74, 6) is -2.05. The number of rotatable bonds is 4. The molecule has 0 amide bonds. The topological polar surface area (TPSA) is 77.8 Å². The number of carbonyl (C=O) groups is 2. The van der Waals surface area contributed by atoms with Crippen LogP contribution in [0.5, 0.6) is 0 Å². The Morgan fingerprint density at radius 2 is 1.61 bits per heavy atom. The van der Waals surface area contributed by atoms with Crippen molar-refractivity contribution in [3.05, 3.63) is 0 Å². The number of carboxylic acid groups (broad SMARTS) is 2. The summed E-state index contributed by atoms with van der Waals surface area (Å²) in [5, 5.41) is 17.9. The van der Waals surface area contributed by atoms with E-state index in [1.807, 2.05) is 4.90 Å². The lowest BCUT2D eigenvalue weighted by atomic mass is 9.72. The fraction of sp³-hybridized carbons (Fsp3) is 0.846. The van der Waals surface area contributed by atoms with E-state index in [1.54, 1.807) is 0 Å². The van der Waals surface area contributed by atoms with Gasteiger partial charge < -0.3 is 10.2 Å². The second-order valence-corrected chi connectivity index (χ2v) is 5.77. The van der Waals surface area contributed by atoms with Gasteiger partial charge in [-0.25, -0.2) is 0 Å². The summed E-state index contributed by atoms with van der Waals surface area (Å²) in [7, 11) is 0. The molecule has 0 aromatic rings. The van der Waals surface area contributed by atoms with Crippen LogP contribution in [0.2, 0.25) is 0 Å². The summed E-state index contributed by atoms with van der Waals surface area (Å²) in [6.07, 6.45) is 7.05. The summed E-state index contributed by atoms with van der Waals surface area (Å²) < 4.78 is 0. The van der Waals surface area contributed by atoms with Gasteiger partial charge in [0.05, 0.1) is 6.42 Å². The molecule has 2 fully saturated rings. The Bertz CT molecular complexity index is 326. The number of nitrogens with zero attached hydrogens (tertiary/aromatic N) is 1. The van der Waals surface area contributed by atoms with Crippen molar-refractivity contribution in [3.63, 3.8) is 0 Å². The van der Waals surface area contributed by atoms with Gasteiger partial charge in [0.1, 0.15) is 6.04 Å². The highest BCUT2D eigenvalue weighted by Crippen LogP contribution is 2.43. The van der Waals surface area contributed by atoms with E-state index in [-0.39, 0.29) is 11.8 Å². The lowest BCUT2D eigenvalue weighted by molar-refractivity contribution is -0.156. The van der Waals surface area contributed by atoms with Crippen molar-refractivity contribution in [2.45, 2.75) is 51.0 Å². The molecular weight excluding hydrogens is 234 g/mol. The molecule has 18 heavy (non-hydrogen) atoms. The molecule has 1 spiro atoms. The lowest BCUT2D eigenvalue weighted by Gasteiger charge is -2.52. The summed E-state index contributed by atoms with van der Waals surface area (Å²) in [5.41, 5.74) is 0.280. The first-order valence-corrected chi connectivity index (χ1v) is 6.71. The van der Waals surface area contributed by atoms with Crippen LogP contribution in [-0.4, -0.2) is 46.2 Å². The van der Waals surface area contributed by atoms with Gasteiger partial charge in [0.25, 0.3) is 0 Å². The van der Waals surface area contributed by atoms with Gasteiger partial charge in [-0.15, -0.1) is 0 Å². The zero-order chi connectivity index (χ0) is 13.2. The lowest BCUT2D eigenvalue weighted by Crippen LogP contribution is -2.61. The Balaban J connectivity index is 1.92. The summed E-state index contributed by atoms with van der Waals surface area (Å²) >= 11 is 0. The number of aliphatic carboxylic acids is 2. The van der Waals surface area contributed by atoms with E-state index in [0.717, 1.165) is 13.1 Å². The van der Waals surface area contributed by atoms with E-state index in [9.17, 15) is 9.59 Å². The molecule has 1 saturated carbocycles. The van der Waals surface area contributed by atoms with E-state index >= 15 is 0 Å². The Labute approximate surface area is 107 Å². The monoisotopic (exact) mass is 255 g/mol. The Morgan fingerprint density at radius 1 is 1.06 bits per heavy atom. The fourth-order valence-corrected chi connectivity index (χ4v) is 3.37. The zero-order valence-corrected chi connectivity index (χ0v) is 10.6. The Hall–Kier alpha value is -1.10. The molecule has 2 aliphatic rings. The Kier molecular flexibility index (Phi) is 3.90. The van der Waals surface area contributed by atoms with Crippen LogP contribution in [0, 0.1) is 5.41 Å². The summed E-state index contributed by atoms with van der Waals surface area (Å²) in [4.78, 5) is 23.6. The van der Waals surface area contributed by atoms with Crippen LogP contribution in [-0.2, 0) is 9.59 Å². The van der Waals surface area contributed by atoms with E-state index in [0.29, 0.717) is 0 Å². The number of hydrogen-bond acceptors (Lipinski definition) is 3. The van der Waals surface area contributed by atoms with E-state index < -0.39 is 18.0 Å². The van der Waals surface area contributed by atoms with E-state index in [1.165, 1.54) is 38.5 Å². The molecule has 1 atom stereocenters. The van der Waals surface area contributed by atoms with Crippen LogP contribution >= 0.6 is 0 Å². The molecule has 2 rings (SSSR count). The molecule has 1 heterocycles. The third-order valence-corrected chi connectivity index (χ3v) is 4.34. The maximum absolute atomic E-state index is 11.1.